The van der Waals surface area contributed by atoms with E-state index in [0.717, 1.165) is 11.6 Å². The number of nitrogens with zero attached hydrogens (tertiary/aromatic N) is 7. The van der Waals surface area contributed by atoms with Crippen LogP contribution in [-0.4, -0.2) is 30.9 Å². The molecule has 1 saturated carbocycles. The molecule has 0 aliphatic heterocycles. The average Bonchev–Trinajstić information content (AvgIpc) is 3.31. The maximum atomic E-state index is 14.0. The minimum absolute atomic E-state index is 0.125. The van der Waals surface area contributed by atoms with Gasteiger partial charge in [-0.15, -0.1) is 0 Å². The third-order valence-electron chi connectivity index (χ3n) is 6.17. The van der Waals surface area contributed by atoms with E-state index in [-0.39, 0.29) is 17.9 Å². The van der Waals surface area contributed by atoms with Gasteiger partial charge in [0.05, 0.1) is 59.2 Å². The van der Waals surface area contributed by atoms with Gasteiger partial charge in [-0.05, 0) is 37.1 Å². The predicted molar refractivity (Wildman–Crippen MR) is 119 cm³/mol. The molecular weight excluding hydrogens is 435 g/mol. The topological polar surface area (TPSA) is 147 Å². The molecule has 0 radical (unpaired) electrons. The molecule has 1 aliphatic rings. The van der Waals surface area contributed by atoms with E-state index in [4.69, 9.17) is 5.73 Å². The van der Waals surface area contributed by atoms with E-state index in [2.05, 4.69) is 32.3 Å². The van der Waals surface area contributed by atoms with Crippen LogP contribution in [0.3, 0.4) is 0 Å². The normalized spacial score (nSPS) is 19.2. The first-order chi connectivity index (χ1) is 16.4. The summed E-state index contributed by atoms with van der Waals surface area (Å²) in [5, 5.41) is 28.4. The van der Waals surface area contributed by atoms with Crippen molar-refractivity contribution in [2.24, 2.45) is 11.7 Å². The van der Waals surface area contributed by atoms with Gasteiger partial charge in [-0.1, -0.05) is 6.07 Å². The summed E-state index contributed by atoms with van der Waals surface area (Å²) in [6, 6.07) is 13.0. The molecule has 5 rings (SSSR count). The number of halogens is 1. The summed E-state index contributed by atoms with van der Waals surface area (Å²) in [6.45, 7) is 0. The molecule has 3 aromatic heterocycles. The molecule has 1 fully saturated rings. The maximum absolute atomic E-state index is 14.0. The van der Waals surface area contributed by atoms with Crippen LogP contribution in [-0.2, 0) is 5.54 Å². The highest BCUT2D eigenvalue weighted by Gasteiger charge is 2.48. The van der Waals surface area contributed by atoms with Gasteiger partial charge < -0.3 is 5.73 Å². The molecule has 0 spiro atoms. The van der Waals surface area contributed by atoms with Crippen LogP contribution >= 0.6 is 0 Å². The largest absolute Gasteiger partial charge is 0.366 e. The number of pyridine rings is 2. The van der Waals surface area contributed by atoms with E-state index in [9.17, 15) is 19.7 Å². The third kappa shape index (κ3) is 3.42. The molecule has 0 bridgehead atoms. The molecule has 1 aliphatic carbocycles. The van der Waals surface area contributed by atoms with E-state index >= 15 is 0 Å². The first-order valence-electron chi connectivity index (χ1n) is 10.5. The fraction of sp³-hybridized carbons (Fsp3) is 0.208. The summed E-state index contributed by atoms with van der Waals surface area (Å²) < 4.78 is 14.0. The van der Waals surface area contributed by atoms with Gasteiger partial charge in [0.1, 0.15) is 5.69 Å². The van der Waals surface area contributed by atoms with Crippen molar-refractivity contribution in [3.63, 3.8) is 0 Å². The first-order valence-corrected chi connectivity index (χ1v) is 10.5. The fourth-order valence-corrected chi connectivity index (χ4v) is 4.42. The number of benzene rings is 1. The minimum atomic E-state index is -0.887. The number of fused-ring (bicyclic) bond motifs is 1. The Balaban J connectivity index is 1.63. The molecule has 3 heterocycles. The summed E-state index contributed by atoms with van der Waals surface area (Å²) in [6.07, 6.45) is 5.46. The molecule has 166 valence electrons. The van der Waals surface area contributed by atoms with Crippen molar-refractivity contribution in [3.8, 4) is 34.7 Å². The number of hydrogen-bond donors (Lipinski definition) is 1. The van der Waals surface area contributed by atoms with Gasteiger partial charge in [0.25, 0.3) is 5.91 Å². The lowest BCUT2D eigenvalue weighted by atomic mass is 9.68. The van der Waals surface area contributed by atoms with E-state index in [1.807, 2.05) is 12.1 Å². The molecule has 10 heteroatoms. The minimum Gasteiger partial charge on any atom is -0.366 e. The van der Waals surface area contributed by atoms with Gasteiger partial charge >= 0.3 is 0 Å². The van der Waals surface area contributed by atoms with Crippen molar-refractivity contribution in [3.05, 3.63) is 60.3 Å². The van der Waals surface area contributed by atoms with Crippen molar-refractivity contribution in [2.75, 3.05) is 0 Å². The zero-order valence-electron chi connectivity index (χ0n) is 17.8. The standard InChI is InChI=1S/C24H17FN8O/c25-19-12-30-20(8-18(19)23(28)34)15-6-17(16-2-1-5-29-21(16)7-15)22-13-31-33(32-22)24(3-4-26)9-14(10-24)11-27/h1-2,5-8,12-14H,3,9-10H2,(H2,28,34)/t14-,24-. The molecule has 0 saturated heterocycles. The molecule has 4 aromatic rings. The highest BCUT2D eigenvalue weighted by molar-refractivity contribution is 5.98. The zero-order chi connectivity index (χ0) is 23.9. The van der Waals surface area contributed by atoms with Crippen LogP contribution in [0.1, 0.15) is 29.6 Å². The summed E-state index contributed by atoms with van der Waals surface area (Å²) in [7, 11) is 0. The van der Waals surface area contributed by atoms with Crippen molar-refractivity contribution in [1.82, 2.24) is 25.0 Å². The average molecular weight is 452 g/mol. The fourth-order valence-electron chi connectivity index (χ4n) is 4.42. The Bertz CT molecular complexity index is 1520. The zero-order valence-corrected chi connectivity index (χ0v) is 17.8. The SMILES string of the molecule is N#CC[C@]1(n2ncc(-c3cc(-c4cc(C(N)=O)c(F)cn4)cc4ncccc34)n2)C[C@H](C#N)C1. The van der Waals surface area contributed by atoms with E-state index in [0.29, 0.717) is 40.9 Å². The highest BCUT2D eigenvalue weighted by Crippen LogP contribution is 2.45. The second kappa shape index (κ2) is 8.01. The van der Waals surface area contributed by atoms with Gasteiger partial charge in [-0.25, -0.2) is 4.39 Å². The second-order valence-electron chi connectivity index (χ2n) is 8.32. The molecule has 9 nitrogen and oxygen atoms in total. The predicted octanol–water partition coefficient (Wildman–Crippen LogP) is 3.34. The van der Waals surface area contributed by atoms with Gasteiger partial charge in [0.15, 0.2) is 5.82 Å². The second-order valence-corrected chi connectivity index (χ2v) is 8.32. The number of amides is 1. The Morgan fingerprint density at radius 2 is 2.03 bits per heavy atom. The van der Waals surface area contributed by atoms with Crippen LogP contribution in [0.5, 0.6) is 0 Å². The van der Waals surface area contributed by atoms with Gasteiger partial charge in [-0.2, -0.15) is 25.5 Å². The lowest BCUT2D eigenvalue weighted by molar-refractivity contribution is 0.0713. The Morgan fingerprint density at radius 3 is 2.76 bits per heavy atom. The van der Waals surface area contributed by atoms with E-state index in [1.165, 1.54) is 10.9 Å². The highest BCUT2D eigenvalue weighted by atomic mass is 19.1. The number of carbonyl (C=O) groups is 1. The van der Waals surface area contributed by atoms with Gasteiger partial charge in [-0.3, -0.25) is 14.8 Å². The summed E-state index contributed by atoms with van der Waals surface area (Å²) in [5.74, 6) is -1.81. The van der Waals surface area contributed by atoms with Gasteiger partial charge in [0.2, 0.25) is 0 Å². The third-order valence-corrected chi connectivity index (χ3v) is 6.17. The van der Waals surface area contributed by atoms with Crippen molar-refractivity contribution >= 4 is 16.8 Å². The first kappa shape index (κ1) is 21.2. The lowest BCUT2D eigenvalue weighted by Gasteiger charge is -2.42. The van der Waals surface area contributed by atoms with Crippen LogP contribution in [0.4, 0.5) is 4.39 Å². The van der Waals surface area contributed by atoms with Crippen molar-refractivity contribution < 1.29 is 9.18 Å². The number of rotatable bonds is 5. The van der Waals surface area contributed by atoms with E-state index in [1.54, 1.807) is 24.5 Å². The summed E-state index contributed by atoms with van der Waals surface area (Å²) >= 11 is 0. The van der Waals surface area contributed by atoms with Crippen molar-refractivity contribution in [2.45, 2.75) is 24.8 Å². The van der Waals surface area contributed by atoms with Crippen molar-refractivity contribution in [1.29, 1.82) is 10.5 Å². The van der Waals surface area contributed by atoms with Crippen LogP contribution in [0.25, 0.3) is 33.4 Å². The van der Waals surface area contributed by atoms with Gasteiger partial charge in [0, 0.05) is 22.7 Å². The summed E-state index contributed by atoms with van der Waals surface area (Å²) in [5.41, 5.74) is 7.30. The number of nitriles is 2. The van der Waals surface area contributed by atoms with Crippen LogP contribution in [0, 0.1) is 34.4 Å². The number of nitrogens with two attached hydrogens (primary N) is 1. The Kier molecular flexibility index (Phi) is 4.99. The summed E-state index contributed by atoms with van der Waals surface area (Å²) in [4.78, 5) is 21.7. The van der Waals surface area contributed by atoms with Crippen LogP contribution in [0.2, 0.25) is 0 Å². The maximum Gasteiger partial charge on any atom is 0.251 e. The molecule has 0 unspecified atom stereocenters. The molecule has 34 heavy (non-hydrogen) atoms. The number of hydrogen-bond acceptors (Lipinski definition) is 7. The molecule has 1 amide bonds. The Morgan fingerprint density at radius 1 is 1.21 bits per heavy atom. The number of primary amides is 1. The molecule has 0 atom stereocenters. The Labute approximate surface area is 193 Å². The smallest absolute Gasteiger partial charge is 0.251 e. The quantitative estimate of drug-likeness (QED) is 0.488. The molecule has 2 N–H and O–H groups in total. The molecule has 1 aromatic carbocycles. The van der Waals surface area contributed by atoms with Crippen LogP contribution < -0.4 is 5.73 Å². The van der Waals surface area contributed by atoms with E-state index < -0.39 is 17.3 Å². The Hall–Kier alpha value is -4.70. The lowest BCUT2D eigenvalue weighted by Crippen LogP contribution is -2.47. The number of aromatic nitrogens is 5. The molecular formula is C24H17FN8O. The number of carbonyl (C=O) groups excluding carboxylic acids is 1. The van der Waals surface area contributed by atoms with Crippen LogP contribution in [0.15, 0.2) is 48.9 Å². The monoisotopic (exact) mass is 452 g/mol.